The lowest BCUT2D eigenvalue weighted by Gasteiger charge is -2.40. The van der Waals surface area contributed by atoms with Crippen LogP contribution in [0.1, 0.15) is 38.9 Å². The second-order valence-electron chi connectivity index (χ2n) is 6.51. The van der Waals surface area contributed by atoms with Crippen molar-refractivity contribution in [3.8, 4) is 0 Å². The summed E-state index contributed by atoms with van der Waals surface area (Å²) in [5.74, 6) is 0. The smallest absolute Gasteiger partial charge is 0.410 e. The van der Waals surface area contributed by atoms with Gasteiger partial charge in [0.2, 0.25) is 0 Å². The third-order valence-corrected chi connectivity index (χ3v) is 3.47. The van der Waals surface area contributed by atoms with Crippen LogP contribution >= 0.6 is 0 Å². The van der Waals surface area contributed by atoms with Crippen molar-refractivity contribution in [2.75, 3.05) is 26.7 Å². The predicted octanol–water partition coefficient (Wildman–Crippen LogP) is 1.83. The molecule has 0 aliphatic carbocycles. The minimum atomic E-state index is -0.438. The number of aryl methyl sites for hydroxylation is 1. The van der Waals surface area contributed by atoms with Gasteiger partial charge in [-0.25, -0.2) is 4.79 Å². The molecule has 0 radical (unpaired) electrons. The van der Waals surface area contributed by atoms with Crippen LogP contribution in [0.2, 0.25) is 0 Å². The molecular formula is C15H26N4O2. The van der Waals surface area contributed by atoms with E-state index < -0.39 is 5.60 Å². The Hall–Kier alpha value is -1.56. The van der Waals surface area contributed by atoms with Crippen LogP contribution in [-0.2, 0) is 11.2 Å². The molecule has 6 nitrogen and oxygen atoms in total. The molecule has 118 valence electrons. The van der Waals surface area contributed by atoms with Gasteiger partial charge >= 0.3 is 6.09 Å². The van der Waals surface area contributed by atoms with Gasteiger partial charge in [0.15, 0.2) is 0 Å². The van der Waals surface area contributed by atoms with E-state index in [9.17, 15) is 4.79 Å². The first kappa shape index (κ1) is 15.8. The molecule has 1 amide bonds. The molecule has 1 saturated heterocycles. The van der Waals surface area contributed by atoms with Crippen LogP contribution in [0.25, 0.3) is 0 Å². The number of hydrogen-bond acceptors (Lipinski definition) is 4. The number of carbonyl (C=O) groups excluding carboxylic acids is 1. The molecule has 21 heavy (non-hydrogen) atoms. The Kier molecular flexibility index (Phi) is 4.88. The predicted molar refractivity (Wildman–Crippen MR) is 81.3 cm³/mol. The van der Waals surface area contributed by atoms with Gasteiger partial charge in [-0.05, 0) is 53.3 Å². The average Bonchev–Trinajstić information content (AvgIpc) is 2.73. The van der Waals surface area contributed by atoms with Crippen molar-refractivity contribution in [3.63, 3.8) is 0 Å². The highest BCUT2D eigenvalue weighted by atomic mass is 16.6. The zero-order valence-electron chi connectivity index (χ0n) is 13.4. The summed E-state index contributed by atoms with van der Waals surface area (Å²) in [6.45, 7) is 8.01. The first-order chi connectivity index (χ1) is 9.90. The second-order valence-corrected chi connectivity index (χ2v) is 6.51. The van der Waals surface area contributed by atoms with Crippen molar-refractivity contribution >= 4 is 6.09 Å². The fourth-order valence-corrected chi connectivity index (χ4v) is 2.40. The molecule has 1 aliphatic rings. The van der Waals surface area contributed by atoms with Gasteiger partial charge in [-0.2, -0.15) is 5.10 Å². The number of ether oxygens (including phenoxy) is 1. The molecule has 0 bridgehead atoms. The maximum absolute atomic E-state index is 11.9. The van der Waals surface area contributed by atoms with Gasteiger partial charge < -0.3 is 15.0 Å². The maximum Gasteiger partial charge on any atom is 0.410 e. The Morgan fingerprint density at radius 2 is 2.19 bits per heavy atom. The topological polar surface area (TPSA) is 59.4 Å². The van der Waals surface area contributed by atoms with Crippen molar-refractivity contribution in [1.82, 2.24) is 20.0 Å². The zero-order valence-corrected chi connectivity index (χ0v) is 13.4. The van der Waals surface area contributed by atoms with Crippen molar-refractivity contribution in [3.05, 3.63) is 18.0 Å². The molecule has 6 heteroatoms. The van der Waals surface area contributed by atoms with E-state index in [1.165, 1.54) is 5.69 Å². The van der Waals surface area contributed by atoms with Crippen molar-refractivity contribution in [2.45, 2.75) is 45.3 Å². The summed E-state index contributed by atoms with van der Waals surface area (Å²) >= 11 is 0. The number of nitrogens with zero attached hydrogens (tertiary/aromatic N) is 3. The summed E-state index contributed by atoms with van der Waals surface area (Å²) in [4.78, 5) is 13.6. The molecular weight excluding hydrogens is 268 g/mol. The molecule has 0 atom stereocenters. The number of amides is 1. The molecule has 2 heterocycles. The number of rotatable bonds is 5. The lowest BCUT2D eigenvalue weighted by molar-refractivity contribution is -0.000762. The highest BCUT2D eigenvalue weighted by Gasteiger charge is 2.35. The van der Waals surface area contributed by atoms with Crippen molar-refractivity contribution in [2.24, 2.45) is 0 Å². The van der Waals surface area contributed by atoms with Crippen LogP contribution in [0, 0.1) is 0 Å². The lowest BCUT2D eigenvalue weighted by Crippen LogP contribution is -2.52. The van der Waals surface area contributed by atoms with E-state index in [4.69, 9.17) is 4.74 Å². The largest absolute Gasteiger partial charge is 0.444 e. The Labute approximate surface area is 126 Å². The highest BCUT2D eigenvalue weighted by molar-refractivity contribution is 5.69. The van der Waals surface area contributed by atoms with Crippen LogP contribution in [0.3, 0.4) is 0 Å². The van der Waals surface area contributed by atoms with Gasteiger partial charge in [-0.1, -0.05) is 0 Å². The van der Waals surface area contributed by atoms with E-state index in [2.05, 4.69) is 21.2 Å². The number of carbonyl (C=O) groups is 1. The van der Waals surface area contributed by atoms with Gasteiger partial charge in [0.1, 0.15) is 5.60 Å². The second kappa shape index (κ2) is 6.47. The van der Waals surface area contributed by atoms with Crippen molar-refractivity contribution < 1.29 is 9.53 Å². The number of hydrogen-bond donors (Lipinski definition) is 1. The van der Waals surface area contributed by atoms with Crippen LogP contribution in [0.4, 0.5) is 4.79 Å². The first-order valence-electron chi connectivity index (χ1n) is 7.55. The quantitative estimate of drug-likeness (QED) is 0.842. The van der Waals surface area contributed by atoms with Crippen LogP contribution in [-0.4, -0.2) is 53.1 Å². The molecule has 0 aromatic carbocycles. The summed E-state index contributed by atoms with van der Waals surface area (Å²) in [7, 11) is 1.96. The highest BCUT2D eigenvalue weighted by Crippen LogP contribution is 2.24. The molecule has 0 unspecified atom stereocenters. The Bertz CT molecular complexity index is 472. The van der Waals surface area contributed by atoms with Crippen molar-refractivity contribution in [1.29, 1.82) is 0 Å². The Morgan fingerprint density at radius 3 is 2.81 bits per heavy atom. The first-order valence-corrected chi connectivity index (χ1v) is 7.55. The number of likely N-dealkylation sites (tertiary alicyclic amines) is 1. The third-order valence-electron chi connectivity index (χ3n) is 3.47. The molecule has 1 aliphatic heterocycles. The summed E-state index contributed by atoms with van der Waals surface area (Å²) < 4.78 is 7.42. The molecule has 1 aromatic rings. The summed E-state index contributed by atoms with van der Waals surface area (Å²) in [5, 5.41) is 7.55. The third kappa shape index (κ3) is 4.20. The lowest BCUT2D eigenvalue weighted by atomic mass is 10.1. The standard InChI is InChI=1S/C15H26N4O2/c1-15(2,3)21-14(20)18-10-13(11-18)19-12(7-9-17-19)6-5-8-16-4/h7,9,13,16H,5-6,8,10-11H2,1-4H3. The van der Waals surface area contributed by atoms with Gasteiger partial charge in [0.25, 0.3) is 0 Å². The van der Waals surface area contributed by atoms with E-state index >= 15 is 0 Å². The Balaban J connectivity index is 1.84. The average molecular weight is 294 g/mol. The van der Waals surface area contributed by atoms with E-state index in [1.807, 2.05) is 34.0 Å². The van der Waals surface area contributed by atoms with Crippen LogP contribution in [0.15, 0.2) is 12.3 Å². The van der Waals surface area contributed by atoms with Crippen LogP contribution < -0.4 is 5.32 Å². The minimum absolute atomic E-state index is 0.234. The Morgan fingerprint density at radius 1 is 1.48 bits per heavy atom. The van der Waals surface area contributed by atoms with Gasteiger partial charge in [-0.3, -0.25) is 4.68 Å². The van der Waals surface area contributed by atoms with Gasteiger partial charge in [-0.15, -0.1) is 0 Å². The summed E-state index contributed by atoms with van der Waals surface area (Å²) in [6.07, 6.45) is 3.70. The van der Waals surface area contributed by atoms with E-state index in [0.717, 1.165) is 19.4 Å². The maximum atomic E-state index is 11.9. The molecule has 2 rings (SSSR count). The summed E-state index contributed by atoms with van der Waals surface area (Å²) in [5.41, 5.74) is 0.797. The normalized spacial score (nSPS) is 15.9. The summed E-state index contributed by atoms with van der Waals surface area (Å²) in [6, 6.07) is 2.34. The van der Waals surface area contributed by atoms with E-state index in [-0.39, 0.29) is 12.1 Å². The van der Waals surface area contributed by atoms with Gasteiger partial charge in [0, 0.05) is 25.0 Å². The van der Waals surface area contributed by atoms with Crippen LogP contribution in [0.5, 0.6) is 0 Å². The molecule has 0 saturated carbocycles. The molecule has 1 N–H and O–H groups in total. The minimum Gasteiger partial charge on any atom is -0.444 e. The van der Waals surface area contributed by atoms with Gasteiger partial charge in [0.05, 0.1) is 6.04 Å². The monoisotopic (exact) mass is 294 g/mol. The number of aromatic nitrogens is 2. The fraction of sp³-hybridized carbons (Fsp3) is 0.733. The molecule has 1 fully saturated rings. The van der Waals surface area contributed by atoms with E-state index in [1.54, 1.807) is 4.90 Å². The SMILES string of the molecule is CNCCCc1ccnn1C1CN(C(=O)OC(C)(C)C)C1. The zero-order chi connectivity index (χ0) is 15.5. The fourth-order valence-electron chi connectivity index (χ4n) is 2.40. The number of nitrogens with one attached hydrogen (secondary N) is 1. The van der Waals surface area contributed by atoms with E-state index in [0.29, 0.717) is 13.1 Å². The molecule has 0 spiro atoms. The molecule has 1 aromatic heterocycles.